The molecule has 1 N–H and O–H groups in total. The smallest absolute Gasteiger partial charge is 0.160 e. The first-order chi connectivity index (χ1) is 7.67. The number of ether oxygens (including phenoxy) is 2. The summed E-state index contributed by atoms with van der Waals surface area (Å²) in [6.07, 6.45) is 0.839. The van der Waals surface area contributed by atoms with Crippen LogP contribution in [0.4, 0.5) is 0 Å². The van der Waals surface area contributed by atoms with Crippen LogP contribution in [0.15, 0.2) is 18.2 Å². The fourth-order valence-corrected chi connectivity index (χ4v) is 2.21. The molecular formula is C13H18O3. The van der Waals surface area contributed by atoms with E-state index < -0.39 is 0 Å². The van der Waals surface area contributed by atoms with Gasteiger partial charge in [0, 0.05) is 0 Å². The van der Waals surface area contributed by atoms with E-state index >= 15 is 0 Å². The maximum absolute atomic E-state index is 9.50. The lowest BCUT2D eigenvalue weighted by Gasteiger charge is -2.09. The molecule has 16 heavy (non-hydrogen) atoms. The molecule has 0 aromatic heterocycles. The Bertz CT molecular complexity index is 373. The normalized spacial score (nSPS) is 25.0. The zero-order valence-corrected chi connectivity index (χ0v) is 9.93. The highest BCUT2D eigenvalue weighted by Gasteiger charge is 2.41. The molecule has 3 heteroatoms. The fraction of sp³-hybridized carbons (Fsp3) is 0.538. The molecule has 2 rings (SSSR count). The Hall–Kier alpha value is -1.22. The van der Waals surface area contributed by atoms with Gasteiger partial charge in [0.1, 0.15) is 0 Å². The second-order valence-corrected chi connectivity index (χ2v) is 4.36. The topological polar surface area (TPSA) is 38.7 Å². The highest BCUT2D eigenvalue weighted by molar-refractivity contribution is 5.45. The van der Waals surface area contributed by atoms with Crippen LogP contribution in [-0.2, 0) is 0 Å². The molecule has 0 saturated heterocycles. The standard InChI is InChI=1S/C13H18O3/c1-8(14)10-7-11(10)9-4-5-12(15-2)13(6-9)16-3/h4-6,8,10-11,14H,7H2,1-3H3/t8-,10-,11-/m1/s1. The molecule has 0 spiro atoms. The van der Waals surface area contributed by atoms with Crippen LogP contribution >= 0.6 is 0 Å². The quantitative estimate of drug-likeness (QED) is 0.848. The van der Waals surface area contributed by atoms with E-state index in [0.29, 0.717) is 11.8 Å². The van der Waals surface area contributed by atoms with Crippen LogP contribution in [0.1, 0.15) is 24.8 Å². The summed E-state index contributed by atoms with van der Waals surface area (Å²) >= 11 is 0. The molecule has 0 heterocycles. The Kier molecular flexibility index (Phi) is 3.06. The highest BCUT2D eigenvalue weighted by atomic mass is 16.5. The molecular weight excluding hydrogens is 204 g/mol. The van der Waals surface area contributed by atoms with Crippen molar-refractivity contribution in [2.45, 2.75) is 25.4 Å². The molecule has 1 aromatic carbocycles. The van der Waals surface area contributed by atoms with Crippen LogP contribution in [0.3, 0.4) is 0 Å². The van der Waals surface area contributed by atoms with Crippen molar-refractivity contribution in [1.82, 2.24) is 0 Å². The average Bonchev–Trinajstić information content (AvgIpc) is 3.08. The van der Waals surface area contributed by atoms with Crippen molar-refractivity contribution in [2.24, 2.45) is 5.92 Å². The van der Waals surface area contributed by atoms with E-state index in [9.17, 15) is 5.11 Å². The van der Waals surface area contributed by atoms with Gasteiger partial charge in [0.25, 0.3) is 0 Å². The molecule has 3 nitrogen and oxygen atoms in total. The molecule has 1 aliphatic carbocycles. The third kappa shape index (κ3) is 2.00. The highest BCUT2D eigenvalue weighted by Crippen LogP contribution is 2.50. The average molecular weight is 222 g/mol. The van der Waals surface area contributed by atoms with Crippen LogP contribution in [-0.4, -0.2) is 25.4 Å². The van der Waals surface area contributed by atoms with Crippen LogP contribution in [0.5, 0.6) is 11.5 Å². The minimum Gasteiger partial charge on any atom is -0.493 e. The van der Waals surface area contributed by atoms with Gasteiger partial charge in [0.05, 0.1) is 20.3 Å². The summed E-state index contributed by atoms with van der Waals surface area (Å²) in [4.78, 5) is 0. The molecule has 0 unspecified atom stereocenters. The Morgan fingerprint density at radius 1 is 1.25 bits per heavy atom. The zero-order chi connectivity index (χ0) is 11.7. The van der Waals surface area contributed by atoms with Gasteiger partial charge in [-0.2, -0.15) is 0 Å². The molecule has 1 fully saturated rings. The molecule has 0 amide bonds. The van der Waals surface area contributed by atoms with Crippen molar-refractivity contribution in [3.8, 4) is 11.5 Å². The van der Waals surface area contributed by atoms with E-state index in [1.165, 1.54) is 5.56 Å². The van der Waals surface area contributed by atoms with Gasteiger partial charge in [-0.1, -0.05) is 6.07 Å². The van der Waals surface area contributed by atoms with Gasteiger partial charge < -0.3 is 14.6 Å². The van der Waals surface area contributed by atoms with Crippen molar-refractivity contribution in [3.63, 3.8) is 0 Å². The Morgan fingerprint density at radius 2 is 1.94 bits per heavy atom. The van der Waals surface area contributed by atoms with Gasteiger partial charge in [-0.3, -0.25) is 0 Å². The Labute approximate surface area is 96.0 Å². The van der Waals surface area contributed by atoms with Crippen LogP contribution in [0, 0.1) is 5.92 Å². The van der Waals surface area contributed by atoms with Crippen LogP contribution in [0.25, 0.3) is 0 Å². The summed E-state index contributed by atoms with van der Waals surface area (Å²) in [6.45, 7) is 1.85. The number of benzene rings is 1. The maximum atomic E-state index is 9.50. The first-order valence-corrected chi connectivity index (χ1v) is 5.57. The number of aliphatic hydroxyl groups is 1. The van der Waals surface area contributed by atoms with E-state index in [4.69, 9.17) is 9.47 Å². The van der Waals surface area contributed by atoms with Crippen molar-refractivity contribution >= 4 is 0 Å². The van der Waals surface area contributed by atoms with Gasteiger partial charge in [0.2, 0.25) is 0 Å². The first-order valence-electron chi connectivity index (χ1n) is 5.57. The van der Waals surface area contributed by atoms with E-state index in [0.717, 1.165) is 17.9 Å². The number of methoxy groups -OCH3 is 2. The van der Waals surface area contributed by atoms with Gasteiger partial charge in [0.15, 0.2) is 11.5 Å². The van der Waals surface area contributed by atoms with Crippen molar-refractivity contribution in [3.05, 3.63) is 23.8 Å². The van der Waals surface area contributed by atoms with Crippen molar-refractivity contribution in [1.29, 1.82) is 0 Å². The third-order valence-corrected chi connectivity index (χ3v) is 3.30. The number of aliphatic hydroxyl groups excluding tert-OH is 1. The minimum absolute atomic E-state index is 0.224. The maximum Gasteiger partial charge on any atom is 0.160 e. The molecule has 1 saturated carbocycles. The van der Waals surface area contributed by atoms with E-state index in [2.05, 4.69) is 6.07 Å². The van der Waals surface area contributed by atoms with Crippen molar-refractivity contribution in [2.75, 3.05) is 14.2 Å². The van der Waals surface area contributed by atoms with Crippen LogP contribution < -0.4 is 9.47 Å². The fourth-order valence-electron chi connectivity index (χ4n) is 2.21. The molecule has 0 aliphatic heterocycles. The summed E-state index contributed by atoms with van der Waals surface area (Å²) in [6, 6.07) is 5.98. The number of hydrogen-bond donors (Lipinski definition) is 1. The van der Waals surface area contributed by atoms with Crippen LogP contribution in [0.2, 0.25) is 0 Å². The van der Waals surface area contributed by atoms with E-state index in [1.54, 1.807) is 14.2 Å². The zero-order valence-electron chi connectivity index (χ0n) is 9.93. The lowest BCUT2D eigenvalue weighted by molar-refractivity contribution is 0.169. The van der Waals surface area contributed by atoms with Gasteiger partial charge in [-0.25, -0.2) is 0 Å². The summed E-state index contributed by atoms with van der Waals surface area (Å²) in [5, 5.41) is 9.50. The predicted molar refractivity (Wildman–Crippen MR) is 62.1 cm³/mol. The summed E-state index contributed by atoms with van der Waals surface area (Å²) in [5.41, 5.74) is 1.23. The summed E-state index contributed by atoms with van der Waals surface area (Å²) in [5.74, 6) is 2.38. The second-order valence-electron chi connectivity index (χ2n) is 4.36. The van der Waals surface area contributed by atoms with Gasteiger partial charge in [-0.05, 0) is 42.9 Å². The molecule has 0 radical (unpaired) electrons. The van der Waals surface area contributed by atoms with Gasteiger partial charge >= 0.3 is 0 Å². The summed E-state index contributed by atoms with van der Waals surface area (Å²) < 4.78 is 10.5. The molecule has 1 aromatic rings. The van der Waals surface area contributed by atoms with Crippen molar-refractivity contribution < 1.29 is 14.6 Å². The molecule has 0 bridgehead atoms. The predicted octanol–water partition coefficient (Wildman–Crippen LogP) is 2.19. The first kappa shape index (κ1) is 11.3. The van der Waals surface area contributed by atoms with E-state index in [-0.39, 0.29) is 6.10 Å². The SMILES string of the molecule is COc1ccc([C@H]2C[C@@H]2[C@@H](C)O)cc1OC. The second kappa shape index (κ2) is 4.34. The lowest BCUT2D eigenvalue weighted by Crippen LogP contribution is -2.03. The van der Waals surface area contributed by atoms with E-state index in [1.807, 2.05) is 19.1 Å². The monoisotopic (exact) mass is 222 g/mol. The summed E-state index contributed by atoms with van der Waals surface area (Å²) in [7, 11) is 3.27. The molecule has 88 valence electrons. The Balaban J connectivity index is 2.18. The lowest BCUT2D eigenvalue weighted by atomic mass is 10.1. The third-order valence-electron chi connectivity index (χ3n) is 3.30. The largest absolute Gasteiger partial charge is 0.493 e. The number of rotatable bonds is 4. The number of hydrogen-bond acceptors (Lipinski definition) is 3. The van der Waals surface area contributed by atoms with Gasteiger partial charge in [-0.15, -0.1) is 0 Å². The Morgan fingerprint density at radius 3 is 2.44 bits per heavy atom. The minimum atomic E-state index is -0.224. The molecule has 3 atom stereocenters. The molecule has 1 aliphatic rings.